The molecule has 0 saturated carbocycles. The zero-order chi connectivity index (χ0) is 10.9. The van der Waals surface area contributed by atoms with E-state index < -0.39 is 12.2 Å². The van der Waals surface area contributed by atoms with Crippen LogP contribution in [0.4, 0.5) is 13.2 Å². The van der Waals surface area contributed by atoms with Crippen LogP contribution in [0.3, 0.4) is 0 Å². The molecule has 1 unspecified atom stereocenters. The van der Waals surface area contributed by atoms with E-state index in [4.69, 9.17) is 5.73 Å². The Bertz CT molecular complexity index is 331. The molecule has 14 heavy (non-hydrogen) atoms. The van der Waals surface area contributed by atoms with E-state index >= 15 is 0 Å². The highest BCUT2D eigenvalue weighted by atomic mass is 19.4. The fraction of sp³-hybridized carbons (Fsp3) is 0.400. The van der Waals surface area contributed by atoms with Crippen molar-refractivity contribution in [2.24, 2.45) is 5.73 Å². The van der Waals surface area contributed by atoms with Crippen molar-refractivity contribution in [1.29, 1.82) is 0 Å². The number of nitrogens with two attached hydrogens (primary N) is 1. The van der Waals surface area contributed by atoms with Crippen LogP contribution in [0.15, 0.2) is 18.2 Å². The summed E-state index contributed by atoms with van der Waals surface area (Å²) in [7, 11) is 0. The Morgan fingerprint density at radius 3 is 2.29 bits per heavy atom. The van der Waals surface area contributed by atoms with Crippen molar-refractivity contribution in [2.45, 2.75) is 26.1 Å². The first kappa shape index (κ1) is 11.0. The third-order valence-corrected chi connectivity index (χ3v) is 2.12. The summed E-state index contributed by atoms with van der Waals surface area (Å²) in [6.45, 7) is 3.37. The van der Waals surface area contributed by atoms with Crippen molar-refractivity contribution in [3.8, 4) is 0 Å². The summed E-state index contributed by atoms with van der Waals surface area (Å²) in [5.41, 5.74) is 6.62. The lowest BCUT2D eigenvalue weighted by Gasteiger charge is -2.18. The molecule has 0 saturated heterocycles. The first-order chi connectivity index (χ1) is 6.32. The largest absolute Gasteiger partial charge is 0.407 e. The van der Waals surface area contributed by atoms with Crippen molar-refractivity contribution < 1.29 is 13.2 Å². The summed E-state index contributed by atoms with van der Waals surface area (Å²) in [5, 5.41) is 0. The maximum Gasteiger partial charge on any atom is 0.407 e. The zero-order valence-corrected chi connectivity index (χ0v) is 8.02. The highest BCUT2D eigenvalue weighted by Crippen LogP contribution is 2.32. The molecule has 0 aliphatic carbocycles. The first-order valence-corrected chi connectivity index (χ1v) is 4.22. The summed E-state index contributed by atoms with van der Waals surface area (Å²) in [6.07, 6.45) is -4.38. The number of benzene rings is 1. The van der Waals surface area contributed by atoms with Crippen molar-refractivity contribution in [2.75, 3.05) is 0 Å². The van der Waals surface area contributed by atoms with Crippen LogP contribution in [0, 0.1) is 13.8 Å². The lowest BCUT2D eigenvalue weighted by molar-refractivity contribution is -0.149. The maximum atomic E-state index is 12.3. The predicted molar refractivity (Wildman–Crippen MR) is 48.9 cm³/mol. The van der Waals surface area contributed by atoms with E-state index in [1.807, 2.05) is 0 Å². The number of hydrogen-bond acceptors (Lipinski definition) is 1. The van der Waals surface area contributed by atoms with Gasteiger partial charge in [-0.1, -0.05) is 23.8 Å². The van der Waals surface area contributed by atoms with Gasteiger partial charge in [-0.05, 0) is 25.0 Å². The van der Waals surface area contributed by atoms with Gasteiger partial charge >= 0.3 is 6.18 Å². The second-order valence-electron chi connectivity index (χ2n) is 3.38. The molecular weight excluding hydrogens is 191 g/mol. The van der Waals surface area contributed by atoms with Gasteiger partial charge in [0.15, 0.2) is 0 Å². The van der Waals surface area contributed by atoms with E-state index in [0.29, 0.717) is 5.56 Å². The molecule has 0 aliphatic rings. The van der Waals surface area contributed by atoms with Gasteiger partial charge in [0, 0.05) is 0 Å². The van der Waals surface area contributed by atoms with Crippen molar-refractivity contribution in [3.63, 3.8) is 0 Å². The molecule has 0 amide bonds. The molecule has 1 nitrogen and oxygen atoms in total. The van der Waals surface area contributed by atoms with Gasteiger partial charge in [-0.15, -0.1) is 0 Å². The number of aryl methyl sites for hydroxylation is 2. The Kier molecular flexibility index (Phi) is 2.85. The molecule has 0 fully saturated rings. The Labute approximate surface area is 80.7 Å². The van der Waals surface area contributed by atoms with Crippen LogP contribution in [-0.4, -0.2) is 6.18 Å². The molecule has 0 bridgehead atoms. The number of alkyl halides is 3. The van der Waals surface area contributed by atoms with E-state index in [0.717, 1.165) is 5.56 Å². The minimum Gasteiger partial charge on any atom is -0.316 e. The Hall–Kier alpha value is -1.03. The summed E-state index contributed by atoms with van der Waals surface area (Å²) in [6, 6.07) is 3.01. The fourth-order valence-corrected chi connectivity index (χ4v) is 1.27. The Balaban J connectivity index is 3.12. The average molecular weight is 203 g/mol. The van der Waals surface area contributed by atoms with Crippen LogP contribution >= 0.6 is 0 Å². The monoisotopic (exact) mass is 203 g/mol. The van der Waals surface area contributed by atoms with Gasteiger partial charge in [0.2, 0.25) is 0 Å². The van der Waals surface area contributed by atoms with Crippen molar-refractivity contribution in [1.82, 2.24) is 0 Å². The van der Waals surface area contributed by atoms with Crippen LogP contribution in [0.1, 0.15) is 22.7 Å². The van der Waals surface area contributed by atoms with Gasteiger partial charge in [0.1, 0.15) is 6.04 Å². The van der Waals surface area contributed by atoms with E-state index in [1.165, 1.54) is 6.07 Å². The standard InChI is InChI=1S/C10H12F3N/c1-6-3-4-7(2)8(5-6)9(14)10(11,12)13/h3-5,9H,14H2,1-2H3. The molecule has 0 radical (unpaired) electrons. The van der Waals surface area contributed by atoms with Gasteiger partial charge < -0.3 is 5.73 Å². The third kappa shape index (κ3) is 2.26. The van der Waals surface area contributed by atoms with E-state index in [9.17, 15) is 13.2 Å². The molecule has 4 heteroatoms. The topological polar surface area (TPSA) is 26.0 Å². The van der Waals surface area contributed by atoms with E-state index in [2.05, 4.69) is 0 Å². The van der Waals surface area contributed by atoms with Crippen LogP contribution in [0.2, 0.25) is 0 Å². The van der Waals surface area contributed by atoms with Gasteiger partial charge in [-0.3, -0.25) is 0 Å². The molecule has 1 rings (SSSR count). The summed E-state index contributed by atoms with van der Waals surface area (Å²) in [5.74, 6) is 0. The number of halogens is 3. The smallest absolute Gasteiger partial charge is 0.316 e. The lowest BCUT2D eigenvalue weighted by Crippen LogP contribution is -2.29. The summed E-state index contributed by atoms with van der Waals surface area (Å²) < 4.78 is 37.0. The second-order valence-corrected chi connectivity index (χ2v) is 3.38. The number of rotatable bonds is 1. The Morgan fingerprint density at radius 1 is 1.21 bits per heavy atom. The maximum absolute atomic E-state index is 12.3. The molecule has 0 aromatic heterocycles. The number of hydrogen-bond donors (Lipinski definition) is 1. The van der Waals surface area contributed by atoms with E-state index in [-0.39, 0.29) is 5.56 Å². The molecule has 0 aliphatic heterocycles. The SMILES string of the molecule is Cc1ccc(C)c(C(N)C(F)(F)F)c1. The van der Waals surface area contributed by atoms with Crippen LogP contribution in [-0.2, 0) is 0 Å². The van der Waals surface area contributed by atoms with Crippen LogP contribution in [0.25, 0.3) is 0 Å². The highest BCUT2D eigenvalue weighted by Gasteiger charge is 2.38. The molecule has 78 valence electrons. The van der Waals surface area contributed by atoms with Gasteiger partial charge in [0.25, 0.3) is 0 Å². The third-order valence-electron chi connectivity index (χ3n) is 2.12. The van der Waals surface area contributed by atoms with Crippen molar-refractivity contribution in [3.05, 3.63) is 34.9 Å². The molecule has 0 spiro atoms. The molecule has 0 heterocycles. The predicted octanol–water partition coefficient (Wildman–Crippen LogP) is 2.87. The molecule has 2 N–H and O–H groups in total. The fourth-order valence-electron chi connectivity index (χ4n) is 1.27. The van der Waals surface area contributed by atoms with Gasteiger partial charge in [0.05, 0.1) is 0 Å². The molecule has 1 aromatic carbocycles. The zero-order valence-electron chi connectivity index (χ0n) is 8.02. The first-order valence-electron chi connectivity index (χ1n) is 4.22. The average Bonchev–Trinajstić information content (AvgIpc) is 2.06. The highest BCUT2D eigenvalue weighted by molar-refractivity contribution is 5.33. The van der Waals surface area contributed by atoms with Gasteiger partial charge in [-0.2, -0.15) is 13.2 Å². The van der Waals surface area contributed by atoms with Crippen molar-refractivity contribution >= 4 is 0 Å². The minimum atomic E-state index is -4.38. The lowest BCUT2D eigenvalue weighted by atomic mass is 9.99. The summed E-state index contributed by atoms with van der Waals surface area (Å²) >= 11 is 0. The van der Waals surface area contributed by atoms with Gasteiger partial charge in [-0.25, -0.2) is 0 Å². The quantitative estimate of drug-likeness (QED) is 0.746. The molecular formula is C10H12F3N. The molecule has 1 atom stereocenters. The van der Waals surface area contributed by atoms with Crippen LogP contribution < -0.4 is 5.73 Å². The summed E-state index contributed by atoms with van der Waals surface area (Å²) in [4.78, 5) is 0. The molecule has 1 aromatic rings. The normalized spacial score (nSPS) is 14.1. The van der Waals surface area contributed by atoms with E-state index in [1.54, 1.807) is 26.0 Å². The van der Waals surface area contributed by atoms with Crippen LogP contribution in [0.5, 0.6) is 0 Å². The minimum absolute atomic E-state index is 0.150. The Morgan fingerprint density at radius 2 is 1.79 bits per heavy atom. The second kappa shape index (κ2) is 3.61.